The summed E-state index contributed by atoms with van der Waals surface area (Å²) in [5.41, 5.74) is 1.06. The van der Waals surface area contributed by atoms with Gasteiger partial charge in [-0.15, -0.1) is 0 Å². The molecule has 0 spiro atoms. The molecular weight excluding hydrogens is 216 g/mol. The molecule has 0 unspecified atom stereocenters. The van der Waals surface area contributed by atoms with Gasteiger partial charge >= 0.3 is 0 Å². The summed E-state index contributed by atoms with van der Waals surface area (Å²) in [7, 11) is 1.76. The molecular formula is C13H16N2O2. The first-order chi connectivity index (χ1) is 8.20. The standard InChI is InChI=1S/C13H16N2O2/c1-3-15(2)13(16)9-17-11-4-5-12-10(8-11)6-7-14-12/h4-8,14H,3,9H2,1-2H3. The fourth-order valence-electron chi connectivity index (χ4n) is 1.55. The average molecular weight is 232 g/mol. The SMILES string of the molecule is CCN(C)C(=O)COc1ccc2[nH]ccc2c1. The van der Waals surface area contributed by atoms with Crippen LogP contribution in [-0.2, 0) is 4.79 Å². The predicted octanol–water partition coefficient (Wildman–Crippen LogP) is 2.02. The third-order valence-electron chi connectivity index (χ3n) is 2.79. The van der Waals surface area contributed by atoms with Crippen LogP contribution < -0.4 is 4.74 Å². The Morgan fingerprint density at radius 2 is 2.24 bits per heavy atom. The van der Waals surface area contributed by atoms with Crippen LogP contribution >= 0.6 is 0 Å². The lowest BCUT2D eigenvalue weighted by molar-refractivity contribution is -0.131. The molecule has 0 bridgehead atoms. The molecule has 4 nitrogen and oxygen atoms in total. The highest BCUT2D eigenvalue weighted by molar-refractivity contribution is 5.81. The number of benzene rings is 1. The lowest BCUT2D eigenvalue weighted by Gasteiger charge is -2.14. The van der Waals surface area contributed by atoms with Crippen LogP contribution in [0.1, 0.15) is 6.92 Å². The van der Waals surface area contributed by atoms with Crippen molar-refractivity contribution < 1.29 is 9.53 Å². The molecule has 2 rings (SSSR count). The van der Waals surface area contributed by atoms with Crippen LogP contribution in [0.2, 0.25) is 0 Å². The number of carbonyl (C=O) groups is 1. The highest BCUT2D eigenvalue weighted by Gasteiger charge is 2.07. The monoisotopic (exact) mass is 232 g/mol. The van der Waals surface area contributed by atoms with E-state index in [0.717, 1.165) is 16.7 Å². The Bertz CT molecular complexity index is 519. The van der Waals surface area contributed by atoms with Gasteiger partial charge in [0.2, 0.25) is 0 Å². The zero-order valence-electron chi connectivity index (χ0n) is 10.1. The molecule has 0 aliphatic rings. The van der Waals surface area contributed by atoms with Gasteiger partial charge < -0.3 is 14.6 Å². The number of hydrogen-bond donors (Lipinski definition) is 1. The zero-order chi connectivity index (χ0) is 12.3. The lowest BCUT2D eigenvalue weighted by atomic mass is 10.2. The second-order valence-corrected chi connectivity index (χ2v) is 3.92. The largest absolute Gasteiger partial charge is 0.484 e. The van der Waals surface area contributed by atoms with E-state index in [9.17, 15) is 4.79 Å². The molecule has 1 aromatic carbocycles. The van der Waals surface area contributed by atoms with Crippen molar-refractivity contribution in [2.24, 2.45) is 0 Å². The van der Waals surface area contributed by atoms with Crippen LogP contribution in [0.4, 0.5) is 0 Å². The first-order valence-corrected chi connectivity index (χ1v) is 5.64. The number of aromatic amines is 1. The molecule has 0 aliphatic carbocycles. The van der Waals surface area contributed by atoms with E-state index >= 15 is 0 Å². The van der Waals surface area contributed by atoms with E-state index < -0.39 is 0 Å². The first kappa shape index (κ1) is 11.5. The van der Waals surface area contributed by atoms with Crippen molar-refractivity contribution in [2.75, 3.05) is 20.2 Å². The molecule has 0 radical (unpaired) electrons. The Hall–Kier alpha value is -1.97. The molecule has 17 heavy (non-hydrogen) atoms. The van der Waals surface area contributed by atoms with Crippen LogP contribution in [0.5, 0.6) is 5.75 Å². The number of nitrogens with one attached hydrogen (secondary N) is 1. The smallest absolute Gasteiger partial charge is 0.260 e. The molecule has 1 amide bonds. The van der Waals surface area contributed by atoms with Crippen molar-refractivity contribution in [1.29, 1.82) is 0 Å². The molecule has 0 saturated heterocycles. The Morgan fingerprint density at radius 1 is 1.41 bits per heavy atom. The molecule has 0 aliphatic heterocycles. The third kappa shape index (κ3) is 2.58. The fraction of sp³-hybridized carbons (Fsp3) is 0.308. The minimum Gasteiger partial charge on any atom is -0.484 e. The van der Waals surface area contributed by atoms with Gasteiger partial charge in [-0.1, -0.05) is 0 Å². The number of likely N-dealkylation sites (N-methyl/N-ethyl adjacent to an activating group) is 1. The van der Waals surface area contributed by atoms with E-state index in [1.54, 1.807) is 11.9 Å². The van der Waals surface area contributed by atoms with Crippen molar-refractivity contribution in [1.82, 2.24) is 9.88 Å². The topological polar surface area (TPSA) is 45.3 Å². The van der Waals surface area contributed by atoms with Gasteiger partial charge in [-0.25, -0.2) is 0 Å². The lowest BCUT2D eigenvalue weighted by Crippen LogP contribution is -2.31. The number of nitrogens with zero attached hydrogens (tertiary/aromatic N) is 1. The second-order valence-electron chi connectivity index (χ2n) is 3.92. The maximum Gasteiger partial charge on any atom is 0.260 e. The van der Waals surface area contributed by atoms with E-state index in [0.29, 0.717) is 6.54 Å². The molecule has 0 atom stereocenters. The summed E-state index contributed by atoms with van der Waals surface area (Å²) in [4.78, 5) is 16.3. The Labute approximate surface area is 100 Å². The van der Waals surface area contributed by atoms with Crippen LogP contribution in [0.3, 0.4) is 0 Å². The van der Waals surface area contributed by atoms with E-state index in [1.165, 1.54) is 0 Å². The fourth-order valence-corrected chi connectivity index (χ4v) is 1.55. The van der Waals surface area contributed by atoms with Gasteiger partial charge in [0.1, 0.15) is 5.75 Å². The molecule has 0 saturated carbocycles. The van der Waals surface area contributed by atoms with Gasteiger partial charge in [-0.2, -0.15) is 0 Å². The van der Waals surface area contributed by atoms with Crippen molar-refractivity contribution in [3.63, 3.8) is 0 Å². The predicted molar refractivity (Wildman–Crippen MR) is 67.1 cm³/mol. The number of amides is 1. The Kier molecular flexibility index (Phi) is 3.32. The number of carbonyl (C=O) groups excluding carboxylic acids is 1. The third-order valence-corrected chi connectivity index (χ3v) is 2.79. The molecule has 1 aromatic heterocycles. The maximum absolute atomic E-state index is 11.6. The van der Waals surface area contributed by atoms with Gasteiger partial charge in [0, 0.05) is 30.7 Å². The van der Waals surface area contributed by atoms with Crippen molar-refractivity contribution in [3.8, 4) is 5.75 Å². The van der Waals surface area contributed by atoms with Crippen LogP contribution in [0, 0.1) is 0 Å². The van der Waals surface area contributed by atoms with Crippen LogP contribution in [-0.4, -0.2) is 36.0 Å². The average Bonchev–Trinajstić information content (AvgIpc) is 2.82. The molecule has 4 heteroatoms. The highest BCUT2D eigenvalue weighted by Crippen LogP contribution is 2.19. The summed E-state index contributed by atoms with van der Waals surface area (Å²) in [5, 5.41) is 1.08. The van der Waals surface area contributed by atoms with Gasteiger partial charge in [-0.3, -0.25) is 4.79 Å². The second kappa shape index (κ2) is 4.91. The van der Waals surface area contributed by atoms with Crippen molar-refractivity contribution in [3.05, 3.63) is 30.5 Å². The first-order valence-electron chi connectivity index (χ1n) is 5.64. The van der Waals surface area contributed by atoms with Gasteiger partial charge in [-0.05, 0) is 31.2 Å². The van der Waals surface area contributed by atoms with Crippen LogP contribution in [0.15, 0.2) is 30.5 Å². The minimum atomic E-state index is -0.0123. The van der Waals surface area contributed by atoms with Gasteiger partial charge in [0.15, 0.2) is 6.61 Å². The van der Waals surface area contributed by atoms with Crippen LogP contribution in [0.25, 0.3) is 10.9 Å². The van der Waals surface area contributed by atoms with E-state index in [2.05, 4.69) is 4.98 Å². The van der Waals surface area contributed by atoms with E-state index in [-0.39, 0.29) is 12.5 Å². The summed E-state index contributed by atoms with van der Waals surface area (Å²) >= 11 is 0. The molecule has 90 valence electrons. The van der Waals surface area contributed by atoms with Crippen molar-refractivity contribution in [2.45, 2.75) is 6.92 Å². The molecule has 1 heterocycles. The number of hydrogen-bond acceptors (Lipinski definition) is 2. The number of rotatable bonds is 4. The number of ether oxygens (including phenoxy) is 1. The van der Waals surface area contributed by atoms with Gasteiger partial charge in [0.25, 0.3) is 5.91 Å². The van der Waals surface area contributed by atoms with E-state index in [1.807, 2.05) is 37.4 Å². The normalized spacial score (nSPS) is 10.5. The van der Waals surface area contributed by atoms with Crippen molar-refractivity contribution >= 4 is 16.8 Å². The van der Waals surface area contributed by atoms with Gasteiger partial charge in [0.05, 0.1) is 0 Å². The Morgan fingerprint density at radius 3 is 3.00 bits per heavy atom. The molecule has 2 aromatic rings. The number of aromatic nitrogens is 1. The maximum atomic E-state index is 11.6. The summed E-state index contributed by atoms with van der Waals surface area (Å²) in [6.45, 7) is 2.71. The number of H-pyrrole nitrogens is 1. The quantitative estimate of drug-likeness (QED) is 0.876. The minimum absolute atomic E-state index is 0.0123. The van der Waals surface area contributed by atoms with E-state index in [4.69, 9.17) is 4.74 Å². The Balaban J connectivity index is 2.01. The summed E-state index contributed by atoms with van der Waals surface area (Å²) in [5.74, 6) is 0.705. The summed E-state index contributed by atoms with van der Waals surface area (Å²) in [6, 6.07) is 7.70. The highest BCUT2D eigenvalue weighted by atomic mass is 16.5. The molecule has 0 fully saturated rings. The molecule has 1 N–H and O–H groups in total. The summed E-state index contributed by atoms with van der Waals surface area (Å²) < 4.78 is 5.46. The number of fused-ring (bicyclic) bond motifs is 1. The zero-order valence-corrected chi connectivity index (χ0v) is 10.1. The summed E-state index contributed by atoms with van der Waals surface area (Å²) in [6.07, 6.45) is 1.88.